The molecule has 0 unspecified atom stereocenters. The van der Waals surface area contributed by atoms with Crippen molar-refractivity contribution in [1.82, 2.24) is 10.6 Å². The van der Waals surface area contributed by atoms with E-state index in [1.54, 1.807) is 7.05 Å². The highest BCUT2D eigenvalue weighted by Crippen LogP contribution is 2.19. The van der Waals surface area contributed by atoms with E-state index in [0.717, 1.165) is 19.1 Å². The lowest BCUT2D eigenvalue weighted by Gasteiger charge is -2.10. The van der Waals surface area contributed by atoms with Gasteiger partial charge in [-0.25, -0.2) is 9.59 Å². The average molecular weight is 340 g/mol. The second kappa shape index (κ2) is 10.0. The van der Waals surface area contributed by atoms with Crippen LogP contribution in [-0.2, 0) is 0 Å². The Morgan fingerprint density at radius 1 is 0.917 bits per heavy atom. The molecule has 10 heteroatoms. The summed E-state index contributed by atoms with van der Waals surface area (Å²) >= 11 is 0. The van der Waals surface area contributed by atoms with Gasteiger partial charge in [0.25, 0.3) is 5.91 Å². The third-order valence-corrected chi connectivity index (χ3v) is 2.71. The number of carboxylic acid groups (broad SMARTS) is 2. The van der Waals surface area contributed by atoms with Crippen molar-refractivity contribution in [1.29, 1.82) is 0 Å². The molecule has 0 saturated heterocycles. The maximum absolute atomic E-state index is 11.7. The molecule has 1 aromatic rings. The standard InChI is InChI=1S/C12H12N2O6.C2H8N2/c1-5(15)6-2-9(12(19)20)7(10(16)14-4-13)3-8(6)11(17)18;1-4-2-3/h2-3H,4,13H2,1H3,(H,14,16)(H,17,18)(H,19,20);4H,2-3H2,1H3. The predicted octanol–water partition coefficient (Wildman–Crippen LogP) is -0.946. The monoisotopic (exact) mass is 340 g/mol. The molecule has 0 saturated carbocycles. The van der Waals surface area contributed by atoms with Crippen LogP contribution in [0.4, 0.5) is 0 Å². The van der Waals surface area contributed by atoms with Crippen molar-refractivity contribution in [3.05, 3.63) is 34.4 Å². The van der Waals surface area contributed by atoms with E-state index in [0.29, 0.717) is 6.67 Å². The minimum atomic E-state index is -1.45. The van der Waals surface area contributed by atoms with Crippen molar-refractivity contribution < 1.29 is 29.4 Å². The van der Waals surface area contributed by atoms with Crippen molar-refractivity contribution in [3.63, 3.8) is 0 Å². The van der Waals surface area contributed by atoms with E-state index >= 15 is 0 Å². The molecule has 0 aliphatic heterocycles. The minimum absolute atomic E-state index is 0.241. The number of hydrogen-bond acceptors (Lipinski definition) is 7. The lowest BCUT2D eigenvalue weighted by atomic mass is 9.95. The van der Waals surface area contributed by atoms with Gasteiger partial charge in [0.2, 0.25) is 0 Å². The Morgan fingerprint density at radius 2 is 1.33 bits per heavy atom. The largest absolute Gasteiger partial charge is 0.478 e. The first-order valence-electron chi connectivity index (χ1n) is 6.69. The van der Waals surface area contributed by atoms with Crippen LogP contribution in [0.1, 0.15) is 48.4 Å². The number of benzene rings is 1. The van der Waals surface area contributed by atoms with Gasteiger partial charge in [-0.1, -0.05) is 0 Å². The summed E-state index contributed by atoms with van der Waals surface area (Å²) in [5.41, 5.74) is 8.48. The number of nitrogens with one attached hydrogen (secondary N) is 2. The fourth-order valence-electron chi connectivity index (χ4n) is 1.62. The minimum Gasteiger partial charge on any atom is -0.478 e. The van der Waals surface area contributed by atoms with E-state index in [4.69, 9.17) is 21.7 Å². The van der Waals surface area contributed by atoms with Crippen LogP contribution >= 0.6 is 0 Å². The molecule has 0 spiro atoms. The van der Waals surface area contributed by atoms with Gasteiger partial charge in [0.15, 0.2) is 5.78 Å². The summed E-state index contributed by atoms with van der Waals surface area (Å²) in [6, 6.07) is 1.73. The first-order chi connectivity index (χ1) is 11.2. The normalized spacial score (nSPS) is 9.50. The number of amides is 1. The van der Waals surface area contributed by atoms with E-state index in [2.05, 4.69) is 10.6 Å². The highest BCUT2D eigenvalue weighted by molar-refractivity contribution is 6.11. The number of carbonyl (C=O) groups is 4. The Bertz CT molecular complexity index is 642. The van der Waals surface area contributed by atoms with Gasteiger partial charge >= 0.3 is 11.9 Å². The van der Waals surface area contributed by atoms with Crippen molar-refractivity contribution in [2.24, 2.45) is 11.5 Å². The predicted molar refractivity (Wildman–Crippen MR) is 85.0 cm³/mol. The number of Topliss-reactive ketones (excluding diaryl/α,β-unsaturated/α-hetero) is 1. The van der Waals surface area contributed by atoms with E-state index in [-0.39, 0.29) is 17.8 Å². The Hall–Kier alpha value is -2.82. The first kappa shape index (κ1) is 21.2. The molecule has 0 radical (unpaired) electrons. The number of rotatable bonds is 6. The molecule has 132 valence electrons. The van der Waals surface area contributed by atoms with Crippen LogP contribution in [0.15, 0.2) is 12.1 Å². The number of aromatic carboxylic acids is 2. The molecular weight excluding hydrogens is 320 g/mol. The molecule has 0 aliphatic carbocycles. The molecule has 8 N–H and O–H groups in total. The summed E-state index contributed by atoms with van der Waals surface area (Å²) < 4.78 is 0. The Kier molecular flexibility index (Phi) is 8.87. The molecule has 0 aromatic heterocycles. The zero-order valence-electron chi connectivity index (χ0n) is 13.3. The van der Waals surface area contributed by atoms with E-state index in [9.17, 15) is 19.2 Å². The van der Waals surface area contributed by atoms with Crippen LogP contribution in [0.3, 0.4) is 0 Å². The molecular formula is C14H20N4O6. The number of ketones is 1. The Labute approximate surface area is 137 Å². The van der Waals surface area contributed by atoms with Gasteiger partial charge in [-0.15, -0.1) is 0 Å². The van der Waals surface area contributed by atoms with E-state index in [1.165, 1.54) is 0 Å². The average Bonchev–Trinajstić information content (AvgIpc) is 2.53. The SMILES string of the molecule is CC(=O)c1cc(C(=O)O)c(C(=O)NCN)cc1C(=O)O.CNCN. The smallest absolute Gasteiger partial charge is 0.336 e. The van der Waals surface area contributed by atoms with Gasteiger partial charge in [0.1, 0.15) is 0 Å². The number of carbonyl (C=O) groups excluding carboxylic acids is 2. The summed E-state index contributed by atoms with van der Waals surface area (Å²) in [6.07, 6.45) is 0. The second-order valence-corrected chi connectivity index (χ2v) is 4.38. The van der Waals surface area contributed by atoms with Crippen LogP contribution in [0.5, 0.6) is 0 Å². The quantitative estimate of drug-likeness (QED) is 0.280. The van der Waals surface area contributed by atoms with E-state index < -0.39 is 34.8 Å². The lowest BCUT2D eigenvalue weighted by molar-refractivity contribution is 0.0676. The van der Waals surface area contributed by atoms with Gasteiger partial charge in [0.05, 0.1) is 23.4 Å². The second-order valence-electron chi connectivity index (χ2n) is 4.38. The molecule has 0 bridgehead atoms. The van der Waals surface area contributed by atoms with Crippen LogP contribution in [0.25, 0.3) is 0 Å². The third-order valence-electron chi connectivity index (χ3n) is 2.71. The number of nitrogens with two attached hydrogens (primary N) is 2. The van der Waals surface area contributed by atoms with Crippen LogP contribution in [-0.4, -0.2) is 54.2 Å². The summed E-state index contributed by atoms with van der Waals surface area (Å²) in [4.78, 5) is 45.3. The topological polar surface area (TPSA) is 185 Å². The highest BCUT2D eigenvalue weighted by Gasteiger charge is 2.23. The van der Waals surface area contributed by atoms with Gasteiger partial charge in [-0.05, 0) is 26.1 Å². The fraction of sp³-hybridized carbons (Fsp3) is 0.286. The van der Waals surface area contributed by atoms with Gasteiger partial charge in [-0.2, -0.15) is 0 Å². The summed E-state index contributed by atoms with van der Waals surface area (Å²) in [5, 5.41) is 23.0. The first-order valence-corrected chi connectivity index (χ1v) is 6.69. The van der Waals surface area contributed by atoms with Gasteiger partial charge in [0, 0.05) is 12.2 Å². The fourth-order valence-corrected chi connectivity index (χ4v) is 1.62. The summed E-state index contributed by atoms with van der Waals surface area (Å²) in [5.74, 6) is -4.33. The van der Waals surface area contributed by atoms with Crippen LogP contribution < -0.4 is 22.1 Å². The van der Waals surface area contributed by atoms with Crippen molar-refractivity contribution in [3.8, 4) is 0 Å². The zero-order valence-corrected chi connectivity index (χ0v) is 13.3. The molecule has 0 heterocycles. The Balaban J connectivity index is 0.00000118. The Morgan fingerprint density at radius 3 is 1.67 bits per heavy atom. The number of carboxylic acids is 2. The van der Waals surface area contributed by atoms with Crippen molar-refractivity contribution in [2.45, 2.75) is 6.92 Å². The van der Waals surface area contributed by atoms with E-state index in [1.807, 2.05) is 0 Å². The molecule has 1 rings (SSSR count). The van der Waals surface area contributed by atoms with Crippen molar-refractivity contribution >= 4 is 23.6 Å². The molecule has 0 fully saturated rings. The molecule has 0 aliphatic rings. The number of hydrogen-bond donors (Lipinski definition) is 6. The third kappa shape index (κ3) is 5.76. The summed E-state index contributed by atoms with van der Waals surface area (Å²) in [7, 11) is 1.81. The van der Waals surface area contributed by atoms with Gasteiger partial charge in [-0.3, -0.25) is 9.59 Å². The maximum Gasteiger partial charge on any atom is 0.336 e. The summed E-state index contributed by atoms with van der Waals surface area (Å²) in [6.45, 7) is 1.43. The van der Waals surface area contributed by atoms with Crippen LogP contribution in [0.2, 0.25) is 0 Å². The molecule has 10 nitrogen and oxygen atoms in total. The molecule has 1 aromatic carbocycles. The molecule has 0 atom stereocenters. The maximum atomic E-state index is 11.7. The molecule has 1 amide bonds. The molecule has 24 heavy (non-hydrogen) atoms. The highest BCUT2D eigenvalue weighted by atomic mass is 16.4. The zero-order chi connectivity index (χ0) is 18.9. The lowest BCUT2D eigenvalue weighted by Crippen LogP contribution is -2.31. The van der Waals surface area contributed by atoms with Crippen LogP contribution in [0, 0.1) is 0 Å². The van der Waals surface area contributed by atoms with Crippen molar-refractivity contribution in [2.75, 3.05) is 20.4 Å². The van der Waals surface area contributed by atoms with Gasteiger partial charge < -0.3 is 32.3 Å².